The predicted octanol–water partition coefficient (Wildman–Crippen LogP) is 1.36. The molecule has 102 valence electrons. The van der Waals surface area contributed by atoms with Gasteiger partial charge in [-0.1, -0.05) is 19.8 Å². The van der Waals surface area contributed by atoms with Crippen LogP contribution in [0, 0.1) is 0 Å². The number of hydrogen-bond donors (Lipinski definition) is 1. The van der Waals surface area contributed by atoms with Crippen molar-refractivity contribution in [2.24, 2.45) is 0 Å². The normalized spacial score (nSPS) is 27.2. The molecular formula is C12H25NO3S. The highest BCUT2D eigenvalue weighted by molar-refractivity contribution is 7.91. The fraction of sp³-hybridized carbons (Fsp3) is 1.00. The highest BCUT2D eigenvalue weighted by Gasteiger charge is 2.35. The summed E-state index contributed by atoms with van der Waals surface area (Å²) in [5.74, 6) is 0. The lowest BCUT2D eigenvalue weighted by Crippen LogP contribution is -2.46. The van der Waals surface area contributed by atoms with Crippen LogP contribution in [0.4, 0.5) is 0 Å². The van der Waals surface area contributed by atoms with Gasteiger partial charge in [0.1, 0.15) is 0 Å². The number of hydrogen-bond acceptors (Lipinski definition) is 4. The van der Waals surface area contributed by atoms with Crippen molar-refractivity contribution in [2.45, 2.75) is 56.4 Å². The van der Waals surface area contributed by atoms with Crippen molar-refractivity contribution >= 4 is 9.84 Å². The van der Waals surface area contributed by atoms with Crippen molar-refractivity contribution in [3.05, 3.63) is 0 Å². The smallest absolute Gasteiger partial charge is 0.151 e. The second-order valence-electron chi connectivity index (χ2n) is 5.01. The Morgan fingerprint density at radius 2 is 2.12 bits per heavy atom. The summed E-state index contributed by atoms with van der Waals surface area (Å²) in [5.41, 5.74) is 0. The summed E-state index contributed by atoms with van der Waals surface area (Å²) in [6.45, 7) is 2.79. The minimum absolute atomic E-state index is 0.108. The van der Waals surface area contributed by atoms with Crippen molar-refractivity contribution < 1.29 is 13.2 Å². The van der Waals surface area contributed by atoms with Gasteiger partial charge in [-0.05, 0) is 19.3 Å². The van der Waals surface area contributed by atoms with Gasteiger partial charge < -0.3 is 10.1 Å². The van der Waals surface area contributed by atoms with Crippen LogP contribution in [-0.2, 0) is 14.6 Å². The average molecular weight is 263 g/mol. The van der Waals surface area contributed by atoms with Crippen molar-refractivity contribution in [1.29, 1.82) is 0 Å². The molecule has 17 heavy (non-hydrogen) atoms. The van der Waals surface area contributed by atoms with Gasteiger partial charge in [-0.2, -0.15) is 0 Å². The predicted molar refractivity (Wildman–Crippen MR) is 70.0 cm³/mol. The summed E-state index contributed by atoms with van der Waals surface area (Å²) in [6.07, 6.45) is 6.21. The quantitative estimate of drug-likeness (QED) is 0.753. The minimum Gasteiger partial charge on any atom is -0.383 e. The third kappa shape index (κ3) is 4.56. The summed E-state index contributed by atoms with van der Waals surface area (Å²) >= 11 is 0. The molecule has 0 radical (unpaired) electrons. The Labute approximate surface area is 105 Å². The molecule has 4 nitrogen and oxygen atoms in total. The molecule has 0 aliphatic heterocycles. The first-order valence-corrected chi connectivity index (χ1v) is 8.38. The van der Waals surface area contributed by atoms with E-state index in [9.17, 15) is 8.42 Å². The molecule has 0 aromatic heterocycles. The van der Waals surface area contributed by atoms with Crippen LogP contribution in [0.1, 0.15) is 39.0 Å². The van der Waals surface area contributed by atoms with Crippen LogP contribution in [0.2, 0.25) is 0 Å². The molecule has 0 saturated heterocycles. The fourth-order valence-corrected chi connectivity index (χ4v) is 4.10. The van der Waals surface area contributed by atoms with E-state index in [1.54, 1.807) is 7.11 Å². The number of methoxy groups -OCH3 is 1. The molecule has 1 aliphatic carbocycles. The summed E-state index contributed by atoms with van der Waals surface area (Å²) < 4.78 is 28.5. The van der Waals surface area contributed by atoms with Crippen LogP contribution in [0.3, 0.4) is 0 Å². The zero-order chi connectivity index (χ0) is 12.9. The lowest BCUT2D eigenvalue weighted by molar-refractivity contribution is 0.156. The van der Waals surface area contributed by atoms with Gasteiger partial charge in [-0.25, -0.2) is 8.42 Å². The fourth-order valence-electron chi connectivity index (χ4n) is 2.70. The van der Waals surface area contributed by atoms with Crippen molar-refractivity contribution in [3.63, 3.8) is 0 Å². The van der Waals surface area contributed by atoms with Gasteiger partial charge in [0.2, 0.25) is 0 Å². The van der Waals surface area contributed by atoms with Gasteiger partial charge >= 0.3 is 0 Å². The maximum atomic E-state index is 11.7. The van der Waals surface area contributed by atoms with E-state index in [0.717, 1.165) is 32.1 Å². The van der Waals surface area contributed by atoms with E-state index in [1.165, 1.54) is 6.26 Å². The van der Waals surface area contributed by atoms with Crippen LogP contribution in [0.25, 0.3) is 0 Å². The number of ether oxygens (including phenoxy) is 1. The van der Waals surface area contributed by atoms with Crippen molar-refractivity contribution in [2.75, 3.05) is 20.0 Å². The Hall–Kier alpha value is -0.130. The van der Waals surface area contributed by atoms with E-state index in [-0.39, 0.29) is 17.3 Å². The van der Waals surface area contributed by atoms with E-state index in [4.69, 9.17) is 4.74 Å². The Kier molecular flexibility index (Phi) is 5.89. The van der Waals surface area contributed by atoms with E-state index < -0.39 is 9.84 Å². The van der Waals surface area contributed by atoms with Gasteiger partial charge in [-0.15, -0.1) is 0 Å². The molecule has 1 aliphatic rings. The lowest BCUT2D eigenvalue weighted by Gasteiger charge is -2.25. The summed E-state index contributed by atoms with van der Waals surface area (Å²) in [4.78, 5) is 0. The first-order chi connectivity index (χ1) is 7.99. The number of rotatable bonds is 7. The van der Waals surface area contributed by atoms with Crippen molar-refractivity contribution in [3.8, 4) is 0 Å². The van der Waals surface area contributed by atoms with Crippen LogP contribution >= 0.6 is 0 Å². The van der Waals surface area contributed by atoms with Crippen LogP contribution in [-0.4, -0.2) is 45.7 Å². The summed E-state index contributed by atoms with van der Waals surface area (Å²) in [6, 6.07) is 0.383. The zero-order valence-corrected chi connectivity index (χ0v) is 11.9. The molecule has 1 rings (SSSR count). The highest BCUT2D eigenvalue weighted by Crippen LogP contribution is 2.25. The average Bonchev–Trinajstić information content (AvgIpc) is 2.66. The minimum atomic E-state index is -2.93. The van der Waals surface area contributed by atoms with Crippen LogP contribution < -0.4 is 5.32 Å². The largest absolute Gasteiger partial charge is 0.383 e. The van der Waals surface area contributed by atoms with Gasteiger partial charge in [0.25, 0.3) is 0 Å². The molecule has 0 bridgehead atoms. The molecule has 0 aromatic carbocycles. The van der Waals surface area contributed by atoms with Gasteiger partial charge in [0.15, 0.2) is 9.84 Å². The zero-order valence-electron chi connectivity index (χ0n) is 11.1. The Morgan fingerprint density at radius 1 is 1.41 bits per heavy atom. The second-order valence-corrected chi connectivity index (χ2v) is 7.28. The summed E-state index contributed by atoms with van der Waals surface area (Å²) in [5, 5.41) is 3.26. The molecule has 3 unspecified atom stereocenters. The molecule has 1 fully saturated rings. The molecule has 0 amide bonds. The van der Waals surface area contributed by atoms with Crippen LogP contribution in [0.15, 0.2) is 0 Å². The SMILES string of the molecule is CCCC(COC)NC1CCCC1S(C)(=O)=O. The molecular weight excluding hydrogens is 238 g/mol. The molecule has 3 atom stereocenters. The Morgan fingerprint density at radius 3 is 2.65 bits per heavy atom. The molecule has 1 saturated carbocycles. The topological polar surface area (TPSA) is 55.4 Å². The third-order valence-corrected chi connectivity index (χ3v) is 5.12. The van der Waals surface area contributed by atoms with Crippen LogP contribution in [0.5, 0.6) is 0 Å². The molecule has 5 heteroatoms. The van der Waals surface area contributed by atoms with Gasteiger partial charge in [0.05, 0.1) is 11.9 Å². The monoisotopic (exact) mass is 263 g/mol. The van der Waals surface area contributed by atoms with E-state index in [2.05, 4.69) is 12.2 Å². The Balaban J connectivity index is 2.59. The van der Waals surface area contributed by atoms with Crippen molar-refractivity contribution in [1.82, 2.24) is 5.32 Å². The molecule has 1 N–H and O–H groups in total. The van der Waals surface area contributed by atoms with Gasteiger partial charge in [-0.3, -0.25) is 0 Å². The van der Waals surface area contributed by atoms with E-state index in [0.29, 0.717) is 6.61 Å². The lowest BCUT2D eigenvalue weighted by atomic mass is 10.1. The first-order valence-electron chi connectivity index (χ1n) is 6.42. The molecule has 0 heterocycles. The standard InChI is InChI=1S/C12H25NO3S/c1-4-6-10(9-16-2)13-11-7-5-8-12(11)17(3,14)15/h10-13H,4-9H2,1-3H3. The van der Waals surface area contributed by atoms with Gasteiger partial charge in [0, 0.05) is 25.4 Å². The summed E-state index contributed by atoms with van der Waals surface area (Å²) in [7, 11) is -1.24. The second kappa shape index (κ2) is 6.71. The van der Waals surface area contributed by atoms with E-state index >= 15 is 0 Å². The maximum absolute atomic E-state index is 11.7. The molecule has 0 aromatic rings. The number of nitrogens with one attached hydrogen (secondary N) is 1. The third-order valence-electron chi connectivity index (χ3n) is 3.46. The first kappa shape index (κ1) is 14.9. The highest BCUT2D eigenvalue weighted by atomic mass is 32.2. The van der Waals surface area contributed by atoms with E-state index in [1.807, 2.05) is 0 Å². The maximum Gasteiger partial charge on any atom is 0.151 e. The Bertz CT molecular complexity index is 310. The number of sulfone groups is 1. The molecule has 0 spiro atoms.